The van der Waals surface area contributed by atoms with Crippen molar-refractivity contribution in [1.82, 2.24) is 9.55 Å². The molecule has 2 heterocycles. The SMILES string of the molecule is Nc1nc2ccc(F)c(F)c2n1Cc1ccsc1. The van der Waals surface area contributed by atoms with Crippen LogP contribution in [0.25, 0.3) is 11.0 Å². The molecule has 0 bridgehead atoms. The van der Waals surface area contributed by atoms with Crippen molar-refractivity contribution in [3.8, 4) is 0 Å². The Morgan fingerprint density at radius 3 is 2.83 bits per heavy atom. The zero-order chi connectivity index (χ0) is 12.7. The molecule has 6 heteroatoms. The lowest BCUT2D eigenvalue weighted by atomic mass is 10.2. The Labute approximate surface area is 105 Å². The number of fused-ring (bicyclic) bond motifs is 1. The summed E-state index contributed by atoms with van der Waals surface area (Å²) in [5.41, 5.74) is 7.21. The van der Waals surface area contributed by atoms with E-state index in [9.17, 15) is 8.78 Å². The largest absolute Gasteiger partial charge is 0.369 e. The average molecular weight is 265 g/mol. The molecule has 0 aliphatic carbocycles. The van der Waals surface area contributed by atoms with E-state index in [-0.39, 0.29) is 11.5 Å². The molecule has 0 saturated carbocycles. The van der Waals surface area contributed by atoms with E-state index in [1.54, 1.807) is 0 Å². The predicted molar refractivity (Wildman–Crippen MR) is 67.5 cm³/mol. The Morgan fingerprint density at radius 2 is 2.11 bits per heavy atom. The van der Waals surface area contributed by atoms with Crippen molar-refractivity contribution in [2.75, 3.05) is 5.73 Å². The van der Waals surface area contributed by atoms with Crippen LogP contribution < -0.4 is 5.73 Å². The number of halogens is 2. The summed E-state index contributed by atoms with van der Waals surface area (Å²) in [6.45, 7) is 0.381. The monoisotopic (exact) mass is 265 g/mol. The van der Waals surface area contributed by atoms with E-state index in [0.29, 0.717) is 12.1 Å². The van der Waals surface area contributed by atoms with Crippen molar-refractivity contribution >= 4 is 28.3 Å². The van der Waals surface area contributed by atoms with Gasteiger partial charge in [-0.1, -0.05) is 0 Å². The fraction of sp³-hybridized carbons (Fsp3) is 0.0833. The van der Waals surface area contributed by atoms with Crippen LogP contribution >= 0.6 is 11.3 Å². The molecule has 92 valence electrons. The fourth-order valence-corrected chi connectivity index (χ4v) is 2.56. The maximum atomic E-state index is 13.8. The molecule has 3 aromatic rings. The van der Waals surface area contributed by atoms with Crippen molar-refractivity contribution in [3.63, 3.8) is 0 Å². The van der Waals surface area contributed by atoms with Gasteiger partial charge in [0.1, 0.15) is 5.52 Å². The zero-order valence-electron chi connectivity index (χ0n) is 9.23. The number of nitrogens with zero attached hydrogens (tertiary/aromatic N) is 2. The quantitative estimate of drug-likeness (QED) is 0.774. The van der Waals surface area contributed by atoms with E-state index in [1.807, 2.05) is 16.8 Å². The van der Waals surface area contributed by atoms with Gasteiger partial charge in [0.15, 0.2) is 11.6 Å². The van der Waals surface area contributed by atoms with Crippen LogP contribution in [0.3, 0.4) is 0 Å². The van der Waals surface area contributed by atoms with Gasteiger partial charge < -0.3 is 10.3 Å². The average Bonchev–Trinajstić information content (AvgIpc) is 2.94. The second kappa shape index (κ2) is 4.06. The van der Waals surface area contributed by atoms with Gasteiger partial charge in [-0.3, -0.25) is 0 Å². The van der Waals surface area contributed by atoms with Gasteiger partial charge in [0, 0.05) is 0 Å². The lowest BCUT2D eigenvalue weighted by Gasteiger charge is -2.05. The molecule has 0 radical (unpaired) electrons. The first-order valence-corrected chi connectivity index (χ1v) is 6.22. The third-order valence-electron chi connectivity index (χ3n) is 2.75. The van der Waals surface area contributed by atoms with E-state index in [4.69, 9.17) is 5.73 Å². The molecule has 0 spiro atoms. The van der Waals surface area contributed by atoms with Crippen LogP contribution in [0.4, 0.5) is 14.7 Å². The van der Waals surface area contributed by atoms with Gasteiger partial charge in [-0.15, -0.1) is 0 Å². The van der Waals surface area contributed by atoms with E-state index < -0.39 is 11.6 Å². The lowest BCUT2D eigenvalue weighted by molar-refractivity contribution is 0.512. The highest BCUT2D eigenvalue weighted by atomic mass is 32.1. The molecule has 2 N–H and O–H groups in total. The smallest absolute Gasteiger partial charge is 0.201 e. The molecule has 2 aromatic heterocycles. The number of benzene rings is 1. The summed E-state index contributed by atoms with van der Waals surface area (Å²) in [5.74, 6) is -1.62. The van der Waals surface area contributed by atoms with Gasteiger partial charge in [0.2, 0.25) is 5.95 Å². The minimum atomic E-state index is -0.910. The summed E-state index contributed by atoms with van der Waals surface area (Å²) >= 11 is 1.54. The van der Waals surface area contributed by atoms with Gasteiger partial charge in [0.05, 0.1) is 12.1 Å². The Bertz CT molecular complexity index is 704. The molecule has 0 unspecified atom stereocenters. The summed E-state index contributed by atoms with van der Waals surface area (Å²) in [6, 6.07) is 4.39. The maximum absolute atomic E-state index is 13.8. The minimum absolute atomic E-state index is 0.110. The summed E-state index contributed by atoms with van der Waals surface area (Å²) in [7, 11) is 0. The van der Waals surface area contributed by atoms with E-state index >= 15 is 0 Å². The van der Waals surface area contributed by atoms with Crippen LogP contribution in [0, 0.1) is 11.6 Å². The van der Waals surface area contributed by atoms with Crippen molar-refractivity contribution in [3.05, 3.63) is 46.2 Å². The van der Waals surface area contributed by atoms with Gasteiger partial charge in [-0.2, -0.15) is 11.3 Å². The van der Waals surface area contributed by atoms with Crippen LogP contribution in [0.2, 0.25) is 0 Å². The van der Waals surface area contributed by atoms with Crippen molar-refractivity contribution < 1.29 is 8.78 Å². The van der Waals surface area contributed by atoms with E-state index in [1.165, 1.54) is 22.0 Å². The number of hydrogen-bond donors (Lipinski definition) is 1. The minimum Gasteiger partial charge on any atom is -0.369 e. The van der Waals surface area contributed by atoms with Crippen molar-refractivity contribution in [2.24, 2.45) is 0 Å². The number of nitrogens with two attached hydrogens (primary N) is 1. The third-order valence-corrected chi connectivity index (χ3v) is 3.48. The first kappa shape index (κ1) is 11.2. The highest BCUT2D eigenvalue weighted by molar-refractivity contribution is 7.07. The molecular weight excluding hydrogens is 256 g/mol. The molecule has 0 fully saturated rings. The predicted octanol–water partition coefficient (Wildman–Crippen LogP) is 3.01. The Morgan fingerprint density at radius 1 is 1.28 bits per heavy atom. The van der Waals surface area contributed by atoms with E-state index in [2.05, 4.69) is 4.98 Å². The van der Waals surface area contributed by atoms with Crippen LogP contribution in [-0.2, 0) is 6.54 Å². The highest BCUT2D eigenvalue weighted by Crippen LogP contribution is 2.24. The fourth-order valence-electron chi connectivity index (χ4n) is 1.90. The second-order valence-corrected chi connectivity index (χ2v) is 4.70. The van der Waals surface area contributed by atoms with Gasteiger partial charge >= 0.3 is 0 Å². The highest BCUT2D eigenvalue weighted by Gasteiger charge is 2.16. The summed E-state index contributed by atoms with van der Waals surface area (Å²) in [5, 5.41) is 3.85. The van der Waals surface area contributed by atoms with Crippen molar-refractivity contribution in [2.45, 2.75) is 6.54 Å². The molecule has 3 nitrogen and oxygen atoms in total. The summed E-state index contributed by atoms with van der Waals surface area (Å²) < 4.78 is 28.6. The lowest BCUT2D eigenvalue weighted by Crippen LogP contribution is -2.05. The molecule has 0 amide bonds. The second-order valence-electron chi connectivity index (χ2n) is 3.92. The first-order valence-electron chi connectivity index (χ1n) is 5.27. The van der Waals surface area contributed by atoms with Crippen LogP contribution in [0.1, 0.15) is 5.56 Å². The number of nitrogen functional groups attached to an aromatic ring is 1. The molecule has 3 rings (SSSR count). The topological polar surface area (TPSA) is 43.8 Å². The standard InChI is InChI=1S/C12H9F2N3S/c13-8-1-2-9-11(10(8)14)17(12(15)16-9)5-7-3-4-18-6-7/h1-4,6H,5H2,(H2,15,16). The zero-order valence-corrected chi connectivity index (χ0v) is 10.0. The third kappa shape index (κ3) is 1.65. The Balaban J connectivity index is 2.21. The van der Waals surface area contributed by atoms with Crippen LogP contribution in [0.5, 0.6) is 0 Å². The number of thiophene rings is 1. The van der Waals surface area contributed by atoms with Crippen LogP contribution in [-0.4, -0.2) is 9.55 Å². The molecule has 1 aromatic carbocycles. The molecule has 0 aliphatic heterocycles. The van der Waals surface area contributed by atoms with Gasteiger partial charge in [0.25, 0.3) is 0 Å². The Hall–Kier alpha value is -1.95. The Kier molecular flexibility index (Phi) is 2.52. The maximum Gasteiger partial charge on any atom is 0.201 e. The molecule has 18 heavy (non-hydrogen) atoms. The van der Waals surface area contributed by atoms with E-state index in [0.717, 1.165) is 11.6 Å². The normalized spacial score (nSPS) is 11.2. The van der Waals surface area contributed by atoms with Crippen LogP contribution in [0.15, 0.2) is 29.0 Å². The number of imidazole rings is 1. The number of aromatic nitrogens is 2. The summed E-state index contributed by atoms with van der Waals surface area (Å²) in [6.07, 6.45) is 0. The van der Waals surface area contributed by atoms with Gasteiger partial charge in [-0.25, -0.2) is 13.8 Å². The van der Waals surface area contributed by atoms with Crippen molar-refractivity contribution in [1.29, 1.82) is 0 Å². The molecule has 0 aliphatic rings. The number of rotatable bonds is 2. The first-order chi connectivity index (χ1) is 8.66. The number of hydrogen-bond acceptors (Lipinski definition) is 3. The molecule has 0 saturated heterocycles. The summed E-state index contributed by atoms with van der Waals surface area (Å²) in [4.78, 5) is 4.03. The molecule has 0 atom stereocenters. The van der Waals surface area contributed by atoms with Gasteiger partial charge in [-0.05, 0) is 34.5 Å². The number of anilines is 1. The molecular formula is C12H9F2N3S.